The van der Waals surface area contributed by atoms with Crippen LogP contribution in [0.3, 0.4) is 0 Å². The van der Waals surface area contributed by atoms with Crippen LogP contribution in [0.15, 0.2) is 53.7 Å². The number of aromatic nitrogens is 3. The van der Waals surface area contributed by atoms with Crippen LogP contribution in [0.5, 0.6) is 5.75 Å². The summed E-state index contributed by atoms with van der Waals surface area (Å²) in [6, 6.07) is 16.1. The lowest BCUT2D eigenvalue weighted by Crippen LogP contribution is -2.33. The zero-order valence-electron chi connectivity index (χ0n) is 20.9. The molecular weight excluding hydrogens is 444 g/mol. The van der Waals surface area contributed by atoms with Gasteiger partial charge in [-0.2, -0.15) is 0 Å². The van der Waals surface area contributed by atoms with Gasteiger partial charge in [0.1, 0.15) is 5.75 Å². The highest BCUT2D eigenvalue weighted by molar-refractivity contribution is 7.98. The lowest BCUT2D eigenvalue weighted by Gasteiger charge is -2.20. The molecule has 182 valence electrons. The van der Waals surface area contributed by atoms with Crippen molar-refractivity contribution in [3.05, 3.63) is 65.5 Å². The number of carbonyl (C=O) groups is 1. The van der Waals surface area contributed by atoms with Crippen LogP contribution < -0.4 is 10.1 Å². The Labute approximate surface area is 207 Å². The first kappa shape index (κ1) is 25.8. The minimum Gasteiger partial charge on any atom is -0.497 e. The first-order valence-electron chi connectivity index (χ1n) is 12.0. The van der Waals surface area contributed by atoms with Gasteiger partial charge in [-0.15, -0.1) is 10.2 Å². The van der Waals surface area contributed by atoms with E-state index in [9.17, 15) is 4.79 Å². The summed E-state index contributed by atoms with van der Waals surface area (Å²) >= 11 is 1.62. The molecule has 0 spiro atoms. The smallest absolute Gasteiger partial charge is 0.223 e. The van der Waals surface area contributed by atoms with E-state index < -0.39 is 0 Å². The van der Waals surface area contributed by atoms with E-state index in [1.165, 1.54) is 5.56 Å². The van der Waals surface area contributed by atoms with Gasteiger partial charge in [-0.1, -0.05) is 68.3 Å². The molecule has 0 aliphatic carbocycles. The van der Waals surface area contributed by atoms with Crippen LogP contribution >= 0.6 is 11.8 Å². The quantitative estimate of drug-likeness (QED) is 0.309. The first-order valence-corrected chi connectivity index (χ1v) is 13.0. The summed E-state index contributed by atoms with van der Waals surface area (Å²) in [5.74, 6) is 2.42. The topological polar surface area (TPSA) is 69.0 Å². The summed E-state index contributed by atoms with van der Waals surface area (Å²) in [6.45, 7) is 8.28. The molecule has 0 saturated heterocycles. The number of amides is 1. The molecule has 2 unspecified atom stereocenters. The normalized spacial score (nSPS) is 12.9. The molecule has 1 N–H and O–H groups in total. The van der Waals surface area contributed by atoms with Crippen LogP contribution in [0.4, 0.5) is 0 Å². The van der Waals surface area contributed by atoms with Crippen LogP contribution in [0.2, 0.25) is 0 Å². The third kappa shape index (κ3) is 6.63. The molecule has 6 nitrogen and oxygen atoms in total. The summed E-state index contributed by atoms with van der Waals surface area (Å²) in [7, 11) is 1.67. The van der Waals surface area contributed by atoms with E-state index in [0.29, 0.717) is 0 Å². The van der Waals surface area contributed by atoms with E-state index in [1.54, 1.807) is 18.9 Å². The zero-order chi connectivity index (χ0) is 24.5. The number of rotatable bonds is 12. The largest absolute Gasteiger partial charge is 0.497 e. The van der Waals surface area contributed by atoms with Gasteiger partial charge in [-0.05, 0) is 56.5 Å². The molecule has 2 aromatic carbocycles. The Morgan fingerprint density at radius 2 is 1.91 bits per heavy atom. The maximum Gasteiger partial charge on any atom is 0.223 e. The van der Waals surface area contributed by atoms with Gasteiger partial charge in [0.25, 0.3) is 0 Å². The van der Waals surface area contributed by atoms with Gasteiger partial charge >= 0.3 is 0 Å². The second-order valence-electron chi connectivity index (χ2n) is 8.63. The van der Waals surface area contributed by atoms with Gasteiger partial charge in [0, 0.05) is 17.4 Å². The van der Waals surface area contributed by atoms with Crippen LogP contribution in [-0.4, -0.2) is 27.8 Å². The summed E-state index contributed by atoms with van der Waals surface area (Å²) in [4.78, 5) is 12.9. The monoisotopic (exact) mass is 480 g/mol. The van der Waals surface area contributed by atoms with Crippen molar-refractivity contribution in [3.8, 4) is 11.4 Å². The van der Waals surface area contributed by atoms with Crippen molar-refractivity contribution < 1.29 is 9.53 Å². The van der Waals surface area contributed by atoms with Crippen molar-refractivity contribution in [1.82, 2.24) is 20.1 Å². The molecule has 0 radical (unpaired) electrons. The molecule has 0 aliphatic heterocycles. The molecule has 3 aromatic rings. The number of carbonyl (C=O) groups excluding carboxylic acids is 1. The van der Waals surface area contributed by atoms with E-state index >= 15 is 0 Å². The number of unbranched alkanes of at least 4 members (excludes halogenated alkanes) is 1. The first-order chi connectivity index (χ1) is 16.5. The van der Waals surface area contributed by atoms with E-state index in [0.717, 1.165) is 59.4 Å². The molecule has 1 amide bonds. The van der Waals surface area contributed by atoms with Crippen molar-refractivity contribution in [2.24, 2.45) is 5.92 Å². The number of nitrogens with one attached hydrogen (secondary N) is 1. The van der Waals surface area contributed by atoms with E-state index in [4.69, 9.17) is 4.74 Å². The summed E-state index contributed by atoms with van der Waals surface area (Å²) in [5, 5.41) is 13.0. The number of aryl methyl sites for hydroxylation is 1. The number of benzene rings is 2. The predicted molar refractivity (Wildman–Crippen MR) is 139 cm³/mol. The second kappa shape index (κ2) is 12.6. The fraction of sp³-hybridized carbons (Fsp3) is 0.444. The molecule has 3 rings (SSSR count). The fourth-order valence-corrected chi connectivity index (χ4v) is 4.77. The molecule has 0 aliphatic rings. The average Bonchev–Trinajstić information content (AvgIpc) is 3.28. The lowest BCUT2D eigenvalue weighted by molar-refractivity contribution is -0.126. The van der Waals surface area contributed by atoms with E-state index in [2.05, 4.69) is 71.2 Å². The highest BCUT2D eigenvalue weighted by atomic mass is 32.2. The van der Waals surface area contributed by atoms with Crippen LogP contribution in [-0.2, 0) is 10.5 Å². The Bertz CT molecular complexity index is 1060. The molecule has 0 bridgehead atoms. The summed E-state index contributed by atoms with van der Waals surface area (Å²) in [5.41, 5.74) is 3.32. The van der Waals surface area contributed by atoms with Gasteiger partial charge in [0.2, 0.25) is 5.91 Å². The number of hydrogen-bond donors (Lipinski definition) is 1. The van der Waals surface area contributed by atoms with Crippen molar-refractivity contribution in [2.45, 2.75) is 70.3 Å². The predicted octanol–water partition coefficient (Wildman–Crippen LogP) is 6.27. The molecule has 2 atom stereocenters. The SMILES string of the molecule is CCCCC(CC)C(=O)NC(C)c1nnc(SCc2cccc(OC)c2)n1-c1ccc(C)cc1. The number of hydrogen-bond acceptors (Lipinski definition) is 5. The maximum absolute atomic E-state index is 12.9. The summed E-state index contributed by atoms with van der Waals surface area (Å²) < 4.78 is 7.41. The van der Waals surface area contributed by atoms with Gasteiger partial charge in [-0.3, -0.25) is 9.36 Å². The minimum absolute atomic E-state index is 0.0278. The number of thioether (sulfide) groups is 1. The van der Waals surface area contributed by atoms with Crippen molar-refractivity contribution in [3.63, 3.8) is 0 Å². The average molecular weight is 481 g/mol. The Morgan fingerprint density at radius 3 is 2.59 bits per heavy atom. The van der Waals surface area contributed by atoms with Gasteiger partial charge in [0.15, 0.2) is 11.0 Å². The molecule has 1 aromatic heterocycles. The number of nitrogens with zero attached hydrogens (tertiary/aromatic N) is 3. The highest BCUT2D eigenvalue weighted by Crippen LogP contribution is 2.29. The van der Waals surface area contributed by atoms with Gasteiger partial charge in [-0.25, -0.2) is 0 Å². The lowest BCUT2D eigenvalue weighted by atomic mass is 9.98. The minimum atomic E-state index is -0.261. The fourth-order valence-electron chi connectivity index (χ4n) is 3.87. The van der Waals surface area contributed by atoms with Gasteiger partial charge < -0.3 is 10.1 Å². The van der Waals surface area contributed by atoms with Crippen LogP contribution in [0.1, 0.15) is 69.4 Å². The van der Waals surface area contributed by atoms with Crippen molar-refractivity contribution >= 4 is 17.7 Å². The molecule has 7 heteroatoms. The van der Waals surface area contributed by atoms with Crippen LogP contribution in [0, 0.1) is 12.8 Å². The second-order valence-corrected chi connectivity index (χ2v) is 9.57. The molecule has 0 fully saturated rings. The van der Waals surface area contributed by atoms with E-state index in [1.807, 2.05) is 25.1 Å². The third-order valence-electron chi connectivity index (χ3n) is 5.97. The molecule has 34 heavy (non-hydrogen) atoms. The van der Waals surface area contributed by atoms with Crippen molar-refractivity contribution in [1.29, 1.82) is 0 Å². The zero-order valence-corrected chi connectivity index (χ0v) is 21.7. The van der Waals surface area contributed by atoms with E-state index in [-0.39, 0.29) is 17.9 Å². The van der Waals surface area contributed by atoms with Crippen molar-refractivity contribution in [2.75, 3.05) is 7.11 Å². The third-order valence-corrected chi connectivity index (χ3v) is 6.97. The summed E-state index contributed by atoms with van der Waals surface area (Å²) in [6.07, 6.45) is 3.91. The Hall–Kier alpha value is -2.80. The Kier molecular flexibility index (Phi) is 9.57. The molecule has 0 saturated carbocycles. The van der Waals surface area contributed by atoms with Gasteiger partial charge in [0.05, 0.1) is 13.2 Å². The molecule has 1 heterocycles. The standard InChI is InChI=1S/C27H36N4O2S/c1-6-8-11-22(7-2)26(32)28-20(4)25-29-30-27(31(25)23-15-13-19(3)14-16-23)34-18-21-10-9-12-24(17-21)33-5/h9-10,12-17,20,22H,6-8,11,18H2,1-5H3,(H,28,32). The Balaban J connectivity index is 1.85. The number of ether oxygens (including phenoxy) is 1. The number of methoxy groups -OCH3 is 1. The van der Waals surface area contributed by atoms with Crippen LogP contribution in [0.25, 0.3) is 5.69 Å². The maximum atomic E-state index is 12.9. The highest BCUT2D eigenvalue weighted by Gasteiger charge is 2.24. The Morgan fingerprint density at radius 1 is 1.15 bits per heavy atom. The molecular formula is C27H36N4O2S.